The molecule has 1 aromatic carbocycles. The van der Waals surface area contributed by atoms with Crippen molar-refractivity contribution >= 4 is 6.03 Å². The highest BCUT2D eigenvalue weighted by Crippen LogP contribution is 2.20. The molecule has 0 bridgehead atoms. The summed E-state index contributed by atoms with van der Waals surface area (Å²) in [4.78, 5) is 14.2. The summed E-state index contributed by atoms with van der Waals surface area (Å²) in [5, 5.41) is 3.09. The highest BCUT2D eigenvalue weighted by Gasteiger charge is 2.22. The van der Waals surface area contributed by atoms with E-state index >= 15 is 0 Å². The molecule has 0 radical (unpaired) electrons. The van der Waals surface area contributed by atoms with Gasteiger partial charge in [-0.05, 0) is 50.3 Å². The Kier molecular flexibility index (Phi) is 5.48. The number of urea groups is 1. The monoisotopic (exact) mass is 290 g/mol. The van der Waals surface area contributed by atoms with Crippen molar-refractivity contribution in [3.05, 3.63) is 29.8 Å². The first-order valence-electron chi connectivity index (χ1n) is 7.88. The fourth-order valence-electron chi connectivity index (χ4n) is 2.77. The third-order valence-corrected chi connectivity index (χ3v) is 3.95. The summed E-state index contributed by atoms with van der Waals surface area (Å²) in [6.07, 6.45) is 2.32. The van der Waals surface area contributed by atoms with Crippen LogP contribution in [0.15, 0.2) is 24.3 Å². The smallest absolute Gasteiger partial charge is 0.317 e. The van der Waals surface area contributed by atoms with Crippen LogP contribution in [0.25, 0.3) is 0 Å². The molecule has 1 N–H and O–H groups in total. The van der Waals surface area contributed by atoms with Gasteiger partial charge in [0.15, 0.2) is 0 Å². The first kappa shape index (κ1) is 15.7. The lowest BCUT2D eigenvalue weighted by molar-refractivity contribution is 0.167. The van der Waals surface area contributed by atoms with E-state index in [1.165, 1.54) is 6.42 Å². The topological polar surface area (TPSA) is 41.6 Å². The maximum absolute atomic E-state index is 12.3. The first-order chi connectivity index (χ1) is 10.1. The first-order valence-corrected chi connectivity index (χ1v) is 7.88. The van der Waals surface area contributed by atoms with Gasteiger partial charge in [0.25, 0.3) is 0 Å². The molecule has 0 aromatic heterocycles. The lowest BCUT2D eigenvalue weighted by atomic mass is 10.0. The molecule has 1 aliphatic rings. The minimum absolute atomic E-state index is 0.0184. The summed E-state index contributed by atoms with van der Waals surface area (Å²) in [6, 6.07) is 7.94. The van der Waals surface area contributed by atoms with Crippen molar-refractivity contribution in [2.24, 2.45) is 5.92 Å². The molecule has 4 nitrogen and oxygen atoms in total. The predicted octanol–water partition coefficient (Wildman–Crippen LogP) is 3.59. The lowest BCUT2D eigenvalue weighted by Crippen LogP contribution is -2.45. The Bertz CT molecular complexity index is 476. The molecule has 2 unspecified atom stereocenters. The number of likely N-dealkylation sites (tertiary alicyclic amines) is 1. The molecule has 0 aliphatic carbocycles. The van der Waals surface area contributed by atoms with Crippen molar-refractivity contribution < 1.29 is 9.53 Å². The number of nitrogens with one attached hydrogen (secondary N) is 1. The van der Waals surface area contributed by atoms with E-state index in [4.69, 9.17) is 4.74 Å². The minimum atomic E-state index is -0.0184. The van der Waals surface area contributed by atoms with Crippen molar-refractivity contribution in [1.82, 2.24) is 10.2 Å². The molecular formula is C17H26N2O2. The molecule has 0 spiro atoms. The standard InChI is InChI=1S/C17H26N2O2/c1-4-21-16-9-5-8-15(11-16)14(3)18-17(20)19-10-6-7-13(2)12-19/h5,8-9,11,13-14H,4,6-7,10,12H2,1-3H3,(H,18,20). The number of carbonyl (C=O) groups excluding carboxylic acids is 1. The highest BCUT2D eigenvalue weighted by molar-refractivity contribution is 5.74. The van der Waals surface area contributed by atoms with Crippen LogP contribution in [0.3, 0.4) is 0 Å². The summed E-state index contributed by atoms with van der Waals surface area (Å²) < 4.78 is 5.51. The van der Waals surface area contributed by atoms with Crippen molar-refractivity contribution in [1.29, 1.82) is 0 Å². The summed E-state index contributed by atoms with van der Waals surface area (Å²) in [5.74, 6) is 1.45. The highest BCUT2D eigenvalue weighted by atomic mass is 16.5. The number of benzene rings is 1. The van der Waals surface area contributed by atoms with Gasteiger partial charge in [-0.1, -0.05) is 19.1 Å². The fourth-order valence-corrected chi connectivity index (χ4v) is 2.77. The third kappa shape index (κ3) is 4.38. The zero-order valence-corrected chi connectivity index (χ0v) is 13.3. The van der Waals surface area contributed by atoms with Crippen LogP contribution in [0.1, 0.15) is 45.2 Å². The van der Waals surface area contributed by atoms with Gasteiger partial charge in [-0.15, -0.1) is 0 Å². The van der Waals surface area contributed by atoms with Gasteiger partial charge < -0.3 is 15.0 Å². The number of rotatable bonds is 4. The Morgan fingerprint density at radius 1 is 1.52 bits per heavy atom. The van der Waals surface area contributed by atoms with E-state index < -0.39 is 0 Å². The second-order valence-corrected chi connectivity index (χ2v) is 5.87. The molecule has 1 aliphatic heterocycles. The third-order valence-electron chi connectivity index (χ3n) is 3.95. The van der Waals surface area contributed by atoms with E-state index in [0.717, 1.165) is 30.8 Å². The van der Waals surface area contributed by atoms with Gasteiger partial charge in [0.05, 0.1) is 12.6 Å². The van der Waals surface area contributed by atoms with Crippen LogP contribution < -0.4 is 10.1 Å². The number of carbonyl (C=O) groups is 1. The maximum atomic E-state index is 12.3. The molecule has 1 saturated heterocycles. The van der Waals surface area contributed by atoms with Gasteiger partial charge in [-0.2, -0.15) is 0 Å². The van der Waals surface area contributed by atoms with Crippen LogP contribution in [0, 0.1) is 5.92 Å². The van der Waals surface area contributed by atoms with E-state index in [1.807, 2.05) is 43.0 Å². The number of nitrogens with zero attached hydrogens (tertiary/aromatic N) is 1. The molecule has 116 valence electrons. The van der Waals surface area contributed by atoms with E-state index in [-0.39, 0.29) is 12.1 Å². The summed E-state index contributed by atoms with van der Waals surface area (Å²) in [7, 11) is 0. The number of ether oxygens (including phenoxy) is 1. The molecule has 2 amide bonds. The molecule has 4 heteroatoms. The van der Waals surface area contributed by atoms with Crippen LogP contribution in [-0.4, -0.2) is 30.6 Å². The zero-order chi connectivity index (χ0) is 15.2. The Morgan fingerprint density at radius 2 is 2.33 bits per heavy atom. The van der Waals surface area contributed by atoms with E-state index in [2.05, 4.69) is 12.2 Å². The van der Waals surface area contributed by atoms with Crippen LogP contribution in [0.2, 0.25) is 0 Å². The van der Waals surface area contributed by atoms with Gasteiger partial charge in [0.1, 0.15) is 5.75 Å². The Hall–Kier alpha value is -1.71. The Labute approximate surface area is 127 Å². The summed E-state index contributed by atoms with van der Waals surface area (Å²) >= 11 is 0. The number of hydrogen-bond acceptors (Lipinski definition) is 2. The molecular weight excluding hydrogens is 264 g/mol. The average Bonchev–Trinajstić information content (AvgIpc) is 2.48. The molecule has 0 saturated carbocycles. The molecule has 2 rings (SSSR count). The van der Waals surface area contributed by atoms with E-state index in [1.54, 1.807) is 0 Å². The normalized spacial score (nSPS) is 20.0. The minimum Gasteiger partial charge on any atom is -0.494 e. The Balaban J connectivity index is 1.95. The molecule has 1 fully saturated rings. The van der Waals surface area contributed by atoms with Crippen molar-refractivity contribution in [2.45, 2.75) is 39.7 Å². The zero-order valence-electron chi connectivity index (χ0n) is 13.3. The molecule has 21 heavy (non-hydrogen) atoms. The van der Waals surface area contributed by atoms with Crippen LogP contribution in [0.4, 0.5) is 4.79 Å². The summed E-state index contributed by atoms with van der Waals surface area (Å²) in [6.45, 7) is 8.55. The number of hydrogen-bond donors (Lipinski definition) is 1. The van der Waals surface area contributed by atoms with Gasteiger partial charge in [0, 0.05) is 13.1 Å². The number of amides is 2. The molecule has 1 heterocycles. The SMILES string of the molecule is CCOc1cccc(C(C)NC(=O)N2CCCC(C)C2)c1. The van der Waals surface area contributed by atoms with Gasteiger partial charge in [0.2, 0.25) is 0 Å². The van der Waals surface area contributed by atoms with Crippen LogP contribution >= 0.6 is 0 Å². The quantitative estimate of drug-likeness (QED) is 0.920. The fraction of sp³-hybridized carbons (Fsp3) is 0.588. The number of piperidine rings is 1. The molecule has 1 aromatic rings. The maximum Gasteiger partial charge on any atom is 0.317 e. The largest absolute Gasteiger partial charge is 0.494 e. The van der Waals surface area contributed by atoms with Crippen LogP contribution in [0.5, 0.6) is 5.75 Å². The van der Waals surface area contributed by atoms with Crippen LogP contribution in [-0.2, 0) is 0 Å². The second-order valence-electron chi connectivity index (χ2n) is 5.87. The van der Waals surface area contributed by atoms with Crippen molar-refractivity contribution in [3.63, 3.8) is 0 Å². The molecule has 2 atom stereocenters. The van der Waals surface area contributed by atoms with Gasteiger partial charge >= 0.3 is 6.03 Å². The summed E-state index contributed by atoms with van der Waals surface area (Å²) in [5.41, 5.74) is 1.07. The van der Waals surface area contributed by atoms with Gasteiger partial charge in [-0.3, -0.25) is 0 Å². The predicted molar refractivity (Wildman–Crippen MR) is 84.5 cm³/mol. The van der Waals surface area contributed by atoms with Crippen molar-refractivity contribution in [3.8, 4) is 5.75 Å². The van der Waals surface area contributed by atoms with E-state index in [9.17, 15) is 4.79 Å². The van der Waals surface area contributed by atoms with E-state index in [0.29, 0.717) is 12.5 Å². The average molecular weight is 290 g/mol. The Morgan fingerprint density at radius 3 is 3.05 bits per heavy atom. The van der Waals surface area contributed by atoms with Gasteiger partial charge in [-0.25, -0.2) is 4.79 Å². The van der Waals surface area contributed by atoms with Crippen molar-refractivity contribution in [2.75, 3.05) is 19.7 Å². The lowest BCUT2D eigenvalue weighted by Gasteiger charge is -2.32. The second kappa shape index (κ2) is 7.34.